The summed E-state index contributed by atoms with van der Waals surface area (Å²) in [5.41, 5.74) is -0.762. The summed E-state index contributed by atoms with van der Waals surface area (Å²) in [6, 6.07) is -0.180. The zero-order valence-corrected chi connectivity index (χ0v) is 12.2. The molecule has 0 bridgehead atoms. The molecule has 2 atom stereocenters. The molecule has 2 fully saturated rings. The largest absolute Gasteiger partial charge is 0.481 e. The second-order valence-corrected chi connectivity index (χ2v) is 6.40. The number of hydrogen-bond acceptors (Lipinski definition) is 3. The molecule has 2 rings (SSSR count). The Kier molecular flexibility index (Phi) is 4.22. The number of likely N-dealkylation sites (tertiary alicyclic amines) is 1. The molecule has 1 saturated carbocycles. The third-order valence-electron chi connectivity index (χ3n) is 4.59. The van der Waals surface area contributed by atoms with Gasteiger partial charge in [-0.3, -0.25) is 4.79 Å². The first-order valence-corrected chi connectivity index (χ1v) is 7.28. The molecule has 0 spiro atoms. The van der Waals surface area contributed by atoms with Crippen molar-refractivity contribution in [1.82, 2.24) is 9.80 Å². The summed E-state index contributed by atoms with van der Waals surface area (Å²) in [7, 11) is 1.68. The number of nitrogens with zero attached hydrogens (tertiary/aromatic N) is 2. The number of carbonyl (C=O) groups is 2. The first-order chi connectivity index (χ1) is 9.32. The first-order valence-electron chi connectivity index (χ1n) is 7.28. The van der Waals surface area contributed by atoms with Gasteiger partial charge in [0, 0.05) is 20.1 Å². The minimum atomic E-state index is -0.843. The summed E-state index contributed by atoms with van der Waals surface area (Å²) < 4.78 is 0. The van der Waals surface area contributed by atoms with Crippen molar-refractivity contribution in [2.24, 2.45) is 11.8 Å². The molecular formula is C14H24N2O4. The summed E-state index contributed by atoms with van der Waals surface area (Å²) in [4.78, 5) is 26.5. The fraction of sp³-hybridized carbons (Fsp3) is 0.857. The Morgan fingerprint density at radius 2 is 1.90 bits per heavy atom. The minimum Gasteiger partial charge on any atom is -0.481 e. The highest BCUT2D eigenvalue weighted by Gasteiger charge is 2.39. The molecule has 0 aromatic heterocycles. The topological polar surface area (TPSA) is 81.1 Å². The highest BCUT2D eigenvalue weighted by Crippen LogP contribution is 2.30. The number of urea groups is 1. The Labute approximate surface area is 119 Å². The molecule has 1 aliphatic heterocycles. The Morgan fingerprint density at radius 1 is 1.30 bits per heavy atom. The van der Waals surface area contributed by atoms with E-state index in [1.54, 1.807) is 11.9 Å². The predicted octanol–water partition coefficient (Wildman–Crippen LogP) is 0.996. The van der Waals surface area contributed by atoms with Crippen LogP contribution < -0.4 is 0 Å². The van der Waals surface area contributed by atoms with Gasteiger partial charge in [0.25, 0.3) is 0 Å². The maximum Gasteiger partial charge on any atom is 0.319 e. The van der Waals surface area contributed by atoms with Gasteiger partial charge in [0.05, 0.1) is 18.1 Å². The van der Waals surface area contributed by atoms with E-state index in [-0.39, 0.29) is 18.5 Å². The SMILES string of the molecule is C[C@@H]1CN(C(=O)N(C)CC2(O)CCCC2)C[C@H]1C(=O)O. The van der Waals surface area contributed by atoms with E-state index in [4.69, 9.17) is 5.11 Å². The molecule has 114 valence electrons. The van der Waals surface area contributed by atoms with E-state index < -0.39 is 17.5 Å². The van der Waals surface area contributed by atoms with Gasteiger partial charge < -0.3 is 20.0 Å². The van der Waals surface area contributed by atoms with Crippen molar-refractivity contribution >= 4 is 12.0 Å². The van der Waals surface area contributed by atoms with Crippen LogP contribution in [0.2, 0.25) is 0 Å². The van der Waals surface area contributed by atoms with Crippen LogP contribution >= 0.6 is 0 Å². The summed E-state index contributed by atoms with van der Waals surface area (Å²) in [5.74, 6) is -1.36. The molecule has 2 amide bonds. The van der Waals surface area contributed by atoms with Crippen LogP contribution in [0.25, 0.3) is 0 Å². The fourth-order valence-electron chi connectivity index (χ4n) is 3.39. The second kappa shape index (κ2) is 5.60. The maximum atomic E-state index is 12.3. The van der Waals surface area contributed by atoms with Gasteiger partial charge in [-0.05, 0) is 18.8 Å². The molecule has 20 heavy (non-hydrogen) atoms. The molecule has 0 aromatic carbocycles. The van der Waals surface area contributed by atoms with Crippen LogP contribution in [0.4, 0.5) is 4.79 Å². The van der Waals surface area contributed by atoms with Crippen LogP contribution in [-0.2, 0) is 4.79 Å². The van der Waals surface area contributed by atoms with Gasteiger partial charge in [-0.15, -0.1) is 0 Å². The predicted molar refractivity (Wildman–Crippen MR) is 73.3 cm³/mol. The van der Waals surface area contributed by atoms with E-state index in [1.807, 2.05) is 6.92 Å². The maximum absolute atomic E-state index is 12.3. The van der Waals surface area contributed by atoms with E-state index in [2.05, 4.69) is 0 Å². The molecule has 2 aliphatic rings. The van der Waals surface area contributed by atoms with Crippen molar-refractivity contribution in [3.8, 4) is 0 Å². The molecule has 0 radical (unpaired) electrons. The molecule has 6 heteroatoms. The molecule has 2 N–H and O–H groups in total. The zero-order chi connectivity index (χ0) is 14.9. The third kappa shape index (κ3) is 3.06. The van der Waals surface area contributed by atoms with Crippen LogP contribution in [0.15, 0.2) is 0 Å². The smallest absolute Gasteiger partial charge is 0.319 e. The van der Waals surface area contributed by atoms with Gasteiger partial charge in [0.15, 0.2) is 0 Å². The second-order valence-electron chi connectivity index (χ2n) is 6.40. The molecule has 0 aromatic rings. The number of carboxylic acids is 1. The lowest BCUT2D eigenvalue weighted by Crippen LogP contribution is -2.47. The van der Waals surface area contributed by atoms with Crippen molar-refractivity contribution in [3.63, 3.8) is 0 Å². The van der Waals surface area contributed by atoms with Crippen LogP contribution in [0.5, 0.6) is 0 Å². The number of aliphatic hydroxyl groups is 1. The van der Waals surface area contributed by atoms with Crippen LogP contribution in [-0.4, -0.2) is 64.3 Å². The molecule has 1 aliphatic carbocycles. The number of rotatable bonds is 3. The summed E-state index contributed by atoms with van der Waals surface area (Å²) in [5, 5.41) is 19.4. The van der Waals surface area contributed by atoms with Gasteiger partial charge in [-0.2, -0.15) is 0 Å². The standard InChI is InChI=1S/C14H24N2O4/c1-10-7-16(8-11(10)12(17)18)13(19)15(2)9-14(20)5-3-4-6-14/h10-11,20H,3-9H2,1-2H3,(H,17,18)/t10-,11-/m1/s1. The first kappa shape index (κ1) is 15.1. The zero-order valence-electron chi connectivity index (χ0n) is 12.2. The average Bonchev–Trinajstić information content (AvgIpc) is 2.94. The van der Waals surface area contributed by atoms with Crippen molar-refractivity contribution in [2.45, 2.75) is 38.2 Å². The van der Waals surface area contributed by atoms with Crippen molar-refractivity contribution in [1.29, 1.82) is 0 Å². The Morgan fingerprint density at radius 3 is 2.40 bits per heavy atom. The lowest BCUT2D eigenvalue weighted by Gasteiger charge is -2.31. The van der Waals surface area contributed by atoms with E-state index in [0.717, 1.165) is 25.7 Å². The van der Waals surface area contributed by atoms with Gasteiger partial charge in [-0.1, -0.05) is 19.8 Å². The molecule has 6 nitrogen and oxygen atoms in total. The molecular weight excluding hydrogens is 260 g/mol. The minimum absolute atomic E-state index is 0.0283. The third-order valence-corrected chi connectivity index (χ3v) is 4.59. The normalized spacial score (nSPS) is 28.6. The average molecular weight is 284 g/mol. The lowest BCUT2D eigenvalue weighted by molar-refractivity contribution is -0.142. The number of amides is 2. The van der Waals surface area contributed by atoms with Crippen LogP contribution in [0.1, 0.15) is 32.6 Å². The van der Waals surface area contributed by atoms with Crippen LogP contribution in [0, 0.1) is 11.8 Å². The molecule has 0 unspecified atom stereocenters. The molecule has 1 saturated heterocycles. The highest BCUT2D eigenvalue weighted by molar-refractivity contribution is 5.77. The number of carbonyl (C=O) groups excluding carboxylic acids is 1. The van der Waals surface area contributed by atoms with E-state index in [0.29, 0.717) is 13.1 Å². The molecule has 1 heterocycles. The van der Waals surface area contributed by atoms with Crippen LogP contribution in [0.3, 0.4) is 0 Å². The Hall–Kier alpha value is -1.30. The summed E-state index contributed by atoms with van der Waals surface area (Å²) >= 11 is 0. The van der Waals surface area contributed by atoms with Gasteiger partial charge in [-0.25, -0.2) is 4.79 Å². The number of likely N-dealkylation sites (N-methyl/N-ethyl adjacent to an activating group) is 1. The van der Waals surface area contributed by atoms with Crippen molar-refractivity contribution in [3.05, 3.63) is 0 Å². The number of carboxylic acid groups (broad SMARTS) is 1. The van der Waals surface area contributed by atoms with Gasteiger partial charge in [0.1, 0.15) is 0 Å². The quantitative estimate of drug-likeness (QED) is 0.810. The van der Waals surface area contributed by atoms with E-state index >= 15 is 0 Å². The number of aliphatic carboxylic acids is 1. The fourth-order valence-corrected chi connectivity index (χ4v) is 3.39. The van der Waals surface area contributed by atoms with E-state index in [1.165, 1.54) is 4.90 Å². The van der Waals surface area contributed by atoms with Crippen molar-refractivity contribution < 1.29 is 19.8 Å². The van der Waals surface area contributed by atoms with Gasteiger partial charge in [0.2, 0.25) is 0 Å². The Balaban J connectivity index is 1.92. The van der Waals surface area contributed by atoms with E-state index in [9.17, 15) is 14.7 Å². The van der Waals surface area contributed by atoms with Crippen molar-refractivity contribution in [2.75, 3.05) is 26.7 Å². The monoisotopic (exact) mass is 284 g/mol. The number of hydrogen-bond donors (Lipinski definition) is 2. The summed E-state index contributed by atoms with van der Waals surface area (Å²) in [6.07, 6.45) is 3.47. The van der Waals surface area contributed by atoms with Gasteiger partial charge >= 0.3 is 12.0 Å². The lowest BCUT2D eigenvalue weighted by atomic mass is 9.99. The summed E-state index contributed by atoms with van der Waals surface area (Å²) in [6.45, 7) is 2.92. The Bertz CT molecular complexity index is 393. The highest BCUT2D eigenvalue weighted by atomic mass is 16.4.